The summed E-state index contributed by atoms with van der Waals surface area (Å²) in [5, 5.41) is 3.30. The smallest absolute Gasteiger partial charge is 0.137 e. The van der Waals surface area contributed by atoms with E-state index < -0.39 is 0 Å². The minimum absolute atomic E-state index is 0.956. The van der Waals surface area contributed by atoms with Crippen molar-refractivity contribution in [3.63, 3.8) is 0 Å². The van der Waals surface area contributed by atoms with Crippen LogP contribution in [0.25, 0.3) is 11.2 Å². The Balaban J connectivity index is 2.24. The van der Waals surface area contributed by atoms with E-state index in [0.29, 0.717) is 0 Å². The molecule has 0 amide bonds. The Hall–Kier alpha value is -1.61. The van der Waals surface area contributed by atoms with Crippen molar-refractivity contribution in [1.29, 1.82) is 0 Å². The molecule has 14 heavy (non-hydrogen) atoms. The Kier molecular flexibility index (Phi) is 1.64. The van der Waals surface area contributed by atoms with E-state index in [-0.39, 0.29) is 0 Å². The normalized spacial score (nSPS) is 16.1. The van der Waals surface area contributed by atoms with Gasteiger partial charge in [0.05, 0.1) is 5.69 Å². The highest BCUT2D eigenvalue weighted by atomic mass is 15.0. The lowest BCUT2D eigenvalue weighted by atomic mass is 10.2. The quantitative estimate of drug-likeness (QED) is 0.726. The summed E-state index contributed by atoms with van der Waals surface area (Å²) in [6, 6.07) is 6.21. The minimum Gasteiger partial charge on any atom is -0.309 e. The van der Waals surface area contributed by atoms with Crippen LogP contribution in [-0.4, -0.2) is 22.5 Å². The first kappa shape index (κ1) is 7.76. The number of rotatable bonds is 1. The third kappa shape index (κ3) is 1.06. The van der Waals surface area contributed by atoms with Crippen LogP contribution >= 0.6 is 0 Å². The van der Waals surface area contributed by atoms with E-state index in [9.17, 15) is 0 Å². The van der Waals surface area contributed by atoms with Gasteiger partial charge in [0.15, 0.2) is 0 Å². The number of hydrogen-bond acceptors (Lipinski definition) is 2. The lowest BCUT2D eigenvalue weighted by Gasteiger charge is -2.05. The Labute approximate surface area is 82.1 Å². The molecule has 0 saturated carbocycles. The zero-order chi connectivity index (χ0) is 9.38. The van der Waals surface area contributed by atoms with Crippen LogP contribution in [0, 0.1) is 0 Å². The molecule has 0 saturated heterocycles. The number of nitrogens with zero attached hydrogens (tertiary/aromatic N) is 2. The van der Waals surface area contributed by atoms with E-state index in [1.807, 2.05) is 18.5 Å². The number of fused-ring (bicyclic) bond motifs is 1. The van der Waals surface area contributed by atoms with Crippen LogP contribution in [0.3, 0.4) is 0 Å². The minimum atomic E-state index is 0.956. The highest BCUT2D eigenvalue weighted by Crippen LogP contribution is 2.17. The van der Waals surface area contributed by atoms with Gasteiger partial charge in [-0.15, -0.1) is 0 Å². The van der Waals surface area contributed by atoms with E-state index in [1.165, 1.54) is 11.3 Å². The zero-order valence-electron chi connectivity index (χ0n) is 7.77. The fraction of sp³-hybridized carbons (Fsp3) is 0.182. The molecule has 3 rings (SSSR count). The molecular formula is C11H11N3. The van der Waals surface area contributed by atoms with Crippen molar-refractivity contribution in [2.24, 2.45) is 0 Å². The summed E-state index contributed by atoms with van der Waals surface area (Å²) in [4.78, 5) is 4.27. The number of aromatic nitrogens is 2. The molecule has 3 heterocycles. The third-order valence-electron chi connectivity index (χ3n) is 2.57. The SMILES string of the molecule is C1=C(c2cccc3nccn23)CNC1. The highest BCUT2D eigenvalue weighted by molar-refractivity contribution is 5.68. The Morgan fingerprint density at radius 2 is 2.36 bits per heavy atom. The Morgan fingerprint density at radius 1 is 1.36 bits per heavy atom. The monoisotopic (exact) mass is 185 g/mol. The first-order chi connectivity index (χ1) is 6.95. The van der Waals surface area contributed by atoms with E-state index in [4.69, 9.17) is 0 Å². The number of hydrogen-bond donors (Lipinski definition) is 1. The maximum Gasteiger partial charge on any atom is 0.137 e. The van der Waals surface area contributed by atoms with Crippen LogP contribution in [-0.2, 0) is 0 Å². The zero-order valence-corrected chi connectivity index (χ0v) is 7.77. The molecule has 0 radical (unpaired) electrons. The molecule has 2 aromatic heterocycles. The maximum absolute atomic E-state index is 4.27. The van der Waals surface area contributed by atoms with Gasteiger partial charge in [0, 0.05) is 25.5 Å². The topological polar surface area (TPSA) is 29.3 Å². The molecule has 1 aliphatic heterocycles. The second-order valence-electron chi connectivity index (χ2n) is 3.43. The van der Waals surface area contributed by atoms with Crippen LogP contribution in [0.4, 0.5) is 0 Å². The van der Waals surface area contributed by atoms with Crippen molar-refractivity contribution >= 4 is 11.2 Å². The van der Waals surface area contributed by atoms with Crippen molar-refractivity contribution < 1.29 is 0 Å². The molecule has 2 aromatic rings. The summed E-state index contributed by atoms with van der Waals surface area (Å²) < 4.78 is 2.12. The molecule has 70 valence electrons. The fourth-order valence-electron chi connectivity index (χ4n) is 1.88. The van der Waals surface area contributed by atoms with Gasteiger partial charge in [-0.25, -0.2) is 4.98 Å². The summed E-state index contributed by atoms with van der Waals surface area (Å²) in [5.74, 6) is 0. The first-order valence-corrected chi connectivity index (χ1v) is 4.77. The van der Waals surface area contributed by atoms with E-state index in [0.717, 1.165) is 18.7 Å². The third-order valence-corrected chi connectivity index (χ3v) is 2.57. The molecular weight excluding hydrogens is 174 g/mol. The van der Waals surface area contributed by atoms with E-state index in [2.05, 4.69) is 32.9 Å². The highest BCUT2D eigenvalue weighted by Gasteiger charge is 2.09. The van der Waals surface area contributed by atoms with Crippen molar-refractivity contribution in [1.82, 2.24) is 14.7 Å². The molecule has 0 fully saturated rings. The van der Waals surface area contributed by atoms with Gasteiger partial charge in [-0.2, -0.15) is 0 Å². The molecule has 0 bridgehead atoms. The van der Waals surface area contributed by atoms with Crippen LogP contribution in [0.2, 0.25) is 0 Å². The second-order valence-corrected chi connectivity index (χ2v) is 3.43. The molecule has 3 heteroatoms. The van der Waals surface area contributed by atoms with Crippen LogP contribution in [0.1, 0.15) is 5.69 Å². The van der Waals surface area contributed by atoms with E-state index in [1.54, 1.807) is 0 Å². The molecule has 0 atom stereocenters. The average molecular weight is 185 g/mol. The summed E-state index contributed by atoms with van der Waals surface area (Å²) in [6.45, 7) is 1.93. The van der Waals surface area contributed by atoms with Gasteiger partial charge in [0.25, 0.3) is 0 Å². The van der Waals surface area contributed by atoms with Crippen molar-refractivity contribution in [2.75, 3.05) is 13.1 Å². The summed E-state index contributed by atoms with van der Waals surface area (Å²) in [7, 11) is 0. The van der Waals surface area contributed by atoms with Crippen molar-refractivity contribution in [3.8, 4) is 0 Å². The lowest BCUT2D eigenvalue weighted by Crippen LogP contribution is -2.08. The van der Waals surface area contributed by atoms with Crippen molar-refractivity contribution in [3.05, 3.63) is 42.4 Å². The Bertz CT molecular complexity index is 496. The lowest BCUT2D eigenvalue weighted by molar-refractivity contribution is 0.894. The Morgan fingerprint density at radius 3 is 3.21 bits per heavy atom. The number of imidazole rings is 1. The van der Waals surface area contributed by atoms with Gasteiger partial charge in [0.2, 0.25) is 0 Å². The second kappa shape index (κ2) is 2.96. The summed E-state index contributed by atoms with van der Waals surface area (Å²) in [5.41, 5.74) is 3.61. The largest absolute Gasteiger partial charge is 0.309 e. The van der Waals surface area contributed by atoms with Crippen LogP contribution in [0.5, 0.6) is 0 Å². The molecule has 0 aromatic carbocycles. The maximum atomic E-state index is 4.27. The van der Waals surface area contributed by atoms with Crippen LogP contribution < -0.4 is 5.32 Å². The standard InChI is InChI=1S/C11H11N3/c1-2-10(9-4-5-12-8-9)14-7-6-13-11(14)3-1/h1-4,6-7,12H,5,8H2. The van der Waals surface area contributed by atoms with Gasteiger partial charge in [-0.05, 0) is 17.7 Å². The van der Waals surface area contributed by atoms with Gasteiger partial charge in [0.1, 0.15) is 5.65 Å². The summed E-state index contributed by atoms with van der Waals surface area (Å²) in [6.07, 6.45) is 6.07. The molecule has 1 aliphatic rings. The first-order valence-electron chi connectivity index (χ1n) is 4.77. The van der Waals surface area contributed by atoms with Gasteiger partial charge < -0.3 is 5.32 Å². The predicted octanol–water partition coefficient (Wildman–Crippen LogP) is 1.32. The molecule has 0 spiro atoms. The van der Waals surface area contributed by atoms with Gasteiger partial charge in [-0.1, -0.05) is 12.1 Å². The van der Waals surface area contributed by atoms with Gasteiger partial charge in [-0.3, -0.25) is 4.40 Å². The molecule has 0 aliphatic carbocycles. The molecule has 1 N–H and O–H groups in total. The summed E-state index contributed by atoms with van der Waals surface area (Å²) >= 11 is 0. The predicted molar refractivity (Wildman–Crippen MR) is 56.0 cm³/mol. The number of nitrogens with one attached hydrogen (secondary N) is 1. The average Bonchev–Trinajstić information content (AvgIpc) is 2.88. The fourth-order valence-corrected chi connectivity index (χ4v) is 1.88. The van der Waals surface area contributed by atoms with Gasteiger partial charge >= 0.3 is 0 Å². The van der Waals surface area contributed by atoms with Crippen molar-refractivity contribution in [2.45, 2.75) is 0 Å². The molecule has 3 nitrogen and oxygen atoms in total. The number of pyridine rings is 1. The van der Waals surface area contributed by atoms with E-state index >= 15 is 0 Å². The van der Waals surface area contributed by atoms with Crippen LogP contribution in [0.15, 0.2) is 36.7 Å². The molecule has 0 unspecified atom stereocenters.